The van der Waals surface area contributed by atoms with E-state index in [-0.39, 0.29) is 35.6 Å². The molecule has 0 atom stereocenters. The van der Waals surface area contributed by atoms with Gasteiger partial charge in [0.15, 0.2) is 23.3 Å². The number of benzene rings is 1. The van der Waals surface area contributed by atoms with Crippen molar-refractivity contribution in [3.63, 3.8) is 0 Å². The van der Waals surface area contributed by atoms with Crippen LogP contribution in [0, 0.1) is 23.3 Å². The summed E-state index contributed by atoms with van der Waals surface area (Å²) < 4.78 is 49.5. The maximum Gasteiger partial charge on any atom is 0.338 e. The Morgan fingerprint density at radius 1 is 1.07 bits per heavy atom. The molecule has 1 aromatic rings. The Kier molecular flexibility index (Phi) is 4.57. The van der Waals surface area contributed by atoms with Crippen molar-refractivity contribution in [3.05, 3.63) is 34.9 Å². The molecule has 0 fully saturated rings. The van der Waals surface area contributed by atoms with Gasteiger partial charge in [-0.25, -0.2) is 22.4 Å². The minimum Gasteiger partial charge on any atom is -0.478 e. The number of carbonyl (C=O) groups is 1. The van der Waals surface area contributed by atoms with Crippen LogP contribution in [0.3, 0.4) is 0 Å². The molecule has 71 valence electrons. The first-order valence-corrected chi connectivity index (χ1v) is 3.01. The van der Waals surface area contributed by atoms with Crippen LogP contribution in [0.5, 0.6) is 0 Å². The number of rotatable bonds is 1. The van der Waals surface area contributed by atoms with Gasteiger partial charge >= 0.3 is 5.97 Å². The molecule has 0 aromatic heterocycles. The average molecular weight is 217 g/mol. The maximum atomic E-state index is 12.5. The molecular weight excluding hydrogens is 215 g/mol. The Labute approximate surface area is 97.8 Å². The predicted molar refractivity (Wildman–Crippen MR) is 39.0 cm³/mol. The standard InChI is InChI=1S/C7H2F4O2.Na/c8-3-1-2(7(12)13)4(9)6(11)5(3)10;/h1H,(H,12,13);. The van der Waals surface area contributed by atoms with Crippen LogP contribution in [0.4, 0.5) is 17.6 Å². The monoisotopic (exact) mass is 217 g/mol. The summed E-state index contributed by atoms with van der Waals surface area (Å²) in [6.45, 7) is 0. The molecule has 0 heterocycles. The summed E-state index contributed by atoms with van der Waals surface area (Å²) in [5, 5.41) is 8.21. The SMILES string of the molecule is O=C(O)c1cc(F)c(F)c(F)c1F.[Na]. The van der Waals surface area contributed by atoms with Gasteiger partial charge in [-0.1, -0.05) is 0 Å². The largest absolute Gasteiger partial charge is 0.478 e. The fourth-order valence-electron chi connectivity index (χ4n) is 0.728. The average Bonchev–Trinajstić information content (AvgIpc) is 2.07. The third-order valence-electron chi connectivity index (χ3n) is 1.33. The van der Waals surface area contributed by atoms with E-state index in [0.29, 0.717) is 0 Å². The number of halogens is 4. The van der Waals surface area contributed by atoms with Crippen molar-refractivity contribution in [2.45, 2.75) is 0 Å². The quantitative estimate of drug-likeness (QED) is 0.335. The van der Waals surface area contributed by atoms with Crippen LogP contribution >= 0.6 is 0 Å². The molecule has 0 aliphatic carbocycles. The predicted octanol–water partition coefficient (Wildman–Crippen LogP) is 1.56. The smallest absolute Gasteiger partial charge is 0.338 e. The van der Waals surface area contributed by atoms with Crippen molar-refractivity contribution in [2.75, 3.05) is 0 Å². The van der Waals surface area contributed by atoms with Crippen LogP contribution in [0.15, 0.2) is 6.07 Å². The van der Waals surface area contributed by atoms with E-state index in [0.717, 1.165) is 0 Å². The van der Waals surface area contributed by atoms with Gasteiger partial charge in [0, 0.05) is 29.6 Å². The zero-order chi connectivity index (χ0) is 10.2. The van der Waals surface area contributed by atoms with Crippen molar-refractivity contribution in [1.82, 2.24) is 0 Å². The van der Waals surface area contributed by atoms with Crippen molar-refractivity contribution >= 4 is 35.5 Å². The van der Waals surface area contributed by atoms with E-state index < -0.39 is 34.8 Å². The minimum absolute atomic E-state index is 0. The van der Waals surface area contributed by atoms with Gasteiger partial charge in [-0.3, -0.25) is 0 Å². The number of carboxylic acids is 1. The molecule has 0 unspecified atom stereocenters. The van der Waals surface area contributed by atoms with E-state index in [1.165, 1.54) is 0 Å². The van der Waals surface area contributed by atoms with Crippen LogP contribution in [-0.2, 0) is 0 Å². The first-order valence-electron chi connectivity index (χ1n) is 3.01. The van der Waals surface area contributed by atoms with Crippen LogP contribution in [0.25, 0.3) is 0 Å². The van der Waals surface area contributed by atoms with Crippen LogP contribution in [0.2, 0.25) is 0 Å². The second-order valence-electron chi connectivity index (χ2n) is 2.15. The fraction of sp³-hybridized carbons (Fsp3) is 0. The molecule has 1 radical (unpaired) electrons. The van der Waals surface area contributed by atoms with Crippen LogP contribution in [-0.4, -0.2) is 40.6 Å². The molecule has 0 aliphatic heterocycles. The Bertz CT molecular complexity index is 380. The van der Waals surface area contributed by atoms with Gasteiger partial charge < -0.3 is 5.11 Å². The van der Waals surface area contributed by atoms with Gasteiger partial charge in [0.1, 0.15) is 5.56 Å². The molecule has 0 aliphatic rings. The van der Waals surface area contributed by atoms with E-state index in [1.807, 2.05) is 0 Å². The normalized spacial score (nSPS) is 9.43. The van der Waals surface area contributed by atoms with E-state index in [4.69, 9.17) is 5.11 Å². The summed E-state index contributed by atoms with van der Waals surface area (Å²) in [4.78, 5) is 10.1. The molecule has 2 nitrogen and oxygen atoms in total. The minimum atomic E-state index is -2.13. The Morgan fingerprint density at radius 2 is 1.57 bits per heavy atom. The summed E-state index contributed by atoms with van der Waals surface area (Å²) in [5.41, 5.74) is -1.24. The summed E-state index contributed by atoms with van der Waals surface area (Å²) in [6.07, 6.45) is 0. The first kappa shape index (κ1) is 13.4. The topological polar surface area (TPSA) is 37.3 Å². The van der Waals surface area contributed by atoms with Gasteiger partial charge in [0.05, 0.1) is 0 Å². The number of carboxylic acid groups (broad SMARTS) is 1. The zero-order valence-corrected chi connectivity index (χ0v) is 8.94. The molecule has 1 N–H and O–H groups in total. The van der Waals surface area contributed by atoms with Gasteiger partial charge in [-0.15, -0.1) is 0 Å². The van der Waals surface area contributed by atoms with Crippen molar-refractivity contribution in [2.24, 2.45) is 0 Å². The third-order valence-corrected chi connectivity index (χ3v) is 1.33. The fourth-order valence-corrected chi connectivity index (χ4v) is 0.728. The molecule has 0 amide bonds. The maximum absolute atomic E-state index is 12.5. The molecule has 0 saturated heterocycles. The summed E-state index contributed by atoms with van der Waals surface area (Å²) >= 11 is 0. The Morgan fingerprint density at radius 3 is 2.00 bits per heavy atom. The Balaban J connectivity index is 0.00000169. The third kappa shape index (κ3) is 2.26. The van der Waals surface area contributed by atoms with E-state index in [1.54, 1.807) is 0 Å². The zero-order valence-electron chi connectivity index (χ0n) is 6.94. The molecule has 1 rings (SSSR count). The van der Waals surface area contributed by atoms with Crippen LogP contribution in [0.1, 0.15) is 10.4 Å². The van der Waals surface area contributed by atoms with Gasteiger partial charge in [-0.05, 0) is 6.07 Å². The first-order chi connectivity index (χ1) is 5.95. The molecular formula is C7H2F4NaO2. The molecule has 1 aromatic carbocycles. The van der Waals surface area contributed by atoms with Crippen LogP contribution < -0.4 is 0 Å². The second-order valence-corrected chi connectivity index (χ2v) is 2.15. The second kappa shape index (κ2) is 4.77. The number of aromatic carboxylic acids is 1. The summed E-state index contributed by atoms with van der Waals surface area (Å²) in [6, 6.07) is 0.0794. The van der Waals surface area contributed by atoms with E-state index >= 15 is 0 Å². The van der Waals surface area contributed by atoms with Gasteiger partial charge in [0.2, 0.25) is 0 Å². The number of hydrogen-bond acceptors (Lipinski definition) is 1. The van der Waals surface area contributed by atoms with Crippen molar-refractivity contribution in [3.8, 4) is 0 Å². The van der Waals surface area contributed by atoms with Crippen molar-refractivity contribution in [1.29, 1.82) is 0 Å². The van der Waals surface area contributed by atoms with Crippen molar-refractivity contribution < 1.29 is 27.5 Å². The van der Waals surface area contributed by atoms with Gasteiger partial charge in [-0.2, -0.15) is 0 Å². The molecule has 0 saturated carbocycles. The summed E-state index contributed by atoms with van der Waals surface area (Å²) in [7, 11) is 0. The molecule has 0 spiro atoms. The van der Waals surface area contributed by atoms with E-state index in [9.17, 15) is 22.4 Å². The summed E-state index contributed by atoms with van der Waals surface area (Å²) in [5.74, 6) is -9.67. The number of hydrogen-bond donors (Lipinski definition) is 1. The van der Waals surface area contributed by atoms with Gasteiger partial charge in [0.25, 0.3) is 0 Å². The molecule has 0 bridgehead atoms. The molecule has 14 heavy (non-hydrogen) atoms. The Hall–Kier alpha value is -0.590. The molecule has 7 heteroatoms. The van der Waals surface area contributed by atoms with E-state index in [2.05, 4.69) is 0 Å².